The van der Waals surface area contributed by atoms with Crippen LogP contribution in [0.3, 0.4) is 0 Å². The van der Waals surface area contributed by atoms with E-state index in [9.17, 15) is 14.7 Å². The lowest BCUT2D eigenvalue weighted by Gasteiger charge is -2.35. The molecule has 0 spiro atoms. The van der Waals surface area contributed by atoms with E-state index >= 15 is 0 Å². The molecule has 1 aromatic rings. The van der Waals surface area contributed by atoms with Gasteiger partial charge in [-0.1, -0.05) is 19.1 Å². The summed E-state index contributed by atoms with van der Waals surface area (Å²) in [5.41, 5.74) is -0.628. The van der Waals surface area contributed by atoms with Crippen LogP contribution in [0.4, 0.5) is 0 Å². The maximum atomic E-state index is 12.2. The number of amides is 1. The van der Waals surface area contributed by atoms with Crippen LogP contribution in [-0.4, -0.2) is 52.3 Å². The summed E-state index contributed by atoms with van der Waals surface area (Å²) in [4.78, 5) is 24.9. The Morgan fingerprint density at radius 3 is 2.38 bits per heavy atom. The van der Waals surface area contributed by atoms with Crippen LogP contribution in [0.25, 0.3) is 0 Å². The monoisotopic (exact) mass is 335 g/mol. The lowest BCUT2D eigenvalue weighted by Crippen LogP contribution is -2.50. The summed E-state index contributed by atoms with van der Waals surface area (Å²) < 4.78 is 5.52. The van der Waals surface area contributed by atoms with Gasteiger partial charge >= 0.3 is 5.97 Å². The number of piperidine rings is 1. The smallest absolute Gasteiger partial charge is 0.335 e. The van der Waals surface area contributed by atoms with E-state index in [1.165, 1.54) is 0 Å². The molecule has 0 saturated carbocycles. The predicted molar refractivity (Wildman–Crippen MR) is 88.9 cm³/mol. The number of carboxylic acid groups (broad SMARTS) is 1. The molecule has 6 nitrogen and oxygen atoms in total. The summed E-state index contributed by atoms with van der Waals surface area (Å²) >= 11 is 0. The van der Waals surface area contributed by atoms with E-state index in [0.29, 0.717) is 19.4 Å². The van der Waals surface area contributed by atoms with E-state index < -0.39 is 11.6 Å². The first-order chi connectivity index (χ1) is 11.4. The van der Waals surface area contributed by atoms with Crippen molar-refractivity contribution in [3.8, 4) is 5.75 Å². The number of ether oxygens (including phenoxy) is 1. The highest BCUT2D eigenvalue weighted by Crippen LogP contribution is 2.23. The van der Waals surface area contributed by atoms with Crippen molar-refractivity contribution in [2.45, 2.75) is 44.6 Å². The van der Waals surface area contributed by atoms with Crippen molar-refractivity contribution in [3.63, 3.8) is 0 Å². The molecular weight excluding hydrogens is 310 g/mol. The molecule has 6 heteroatoms. The molecule has 132 valence electrons. The molecule has 1 aliphatic rings. The second kappa shape index (κ2) is 8.15. The van der Waals surface area contributed by atoms with Gasteiger partial charge in [0.25, 0.3) is 0 Å². The average molecular weight is 335 g/mol. The Morgan fingerprint density at radius 2 is 1.83 bits per heavy atom. The van der Waals surface area contributed by atoms with Gasteiger partial charge in [0.05, 0.1) is 6.61 Å². The average Bonchev–Trinajstić information content (AvgIpc) is 2.59. The van der Waals surface area contributed by atoms with E-state index in [-0.39, 0.29) is 31.8 Å². The number of rotatable bonds is 7. The molecule has 1 amide bonds. The fraction of sp³-hybridized carbons (Fsp3) is 0.556. The fourth-order valence-corrected chi connectivity index (χ4v) is 2.72. The molecule has 1 aromatic carbocycles. The van der Waals surface area contributed by atoms with Gasteiger partial charge in [-0.2, -0.15) is 0 Å². The predicted octanol–water partition coefficient (Wildman–Crippen LogP) is 1.85. The van der Waals surface area contributed by atoms with Crippen molar-refractivity contribution in [2.75, 3.05) is 19.7 Å². The number of hydrogen-bond acceptors (Lipinski definition) is 4. The molecule has 1 saturated heterocycles. The van der Waals surface area contributed by atoms with E-state index in [2.05, 4.69) is 6.92 Å². The second-order valence-electron chi connectivity index (χ2n) is 6.21. The largest absolute Gasteiger partial charge is 0.494 e. The van der Waals surface area contributed by atoms with Crippen LogP contribution in [0.1, 0.15) is 38.2 Å². The maximum Gasteiger partial charge on any atom is 0.335 e. The van der Waals surface area contributed by atoms with E-state index in [1.54, 1.807) is 4.90 Å². The van der Waals surface area contributed by atoms with Crippen molar-refractivity contribution in [1.29, 1.82) is 0 Å². The molecule has 0 bridgehead atoms. The minimum absolute atomic E-state index is 0.00579. The van der Waals surface area contributed by atoms with Gasteiger partial charge in [0.15, 0.2) is 5.60 Å². The number of hydrogen-bond donors (Lipinski definition) is 2. The third-order valence-corrected chi connectivity index (χ3v) is 4.37. The molecule has 1 fully saturated rings. The number of aliphatic carboxylic acids is 1. The highest BCUT2D eigenvalue weighted by molar-refractivity contribution is 5.79. The number of aryl methyl sites for hydroxylation is 1. The molecule has 24 heavy (non-hydrogen) atoms. The summed E-state index contributed by atoms with van der Waals surface area (Å²) in [6.45, 7) is 3.31. The third-order valence-electron chi connectivity index (χ3n) is 4.37. The summed E-state index contributed by atoms with van der Waals surface area (Å²) in [6, 6.07) is 7.72. The van der Waals surface area contributed by atoms with Gasteiger partial charge in [0, 0.05) is 32.4 Å². The zero-order chi connectivity index (χ0) is 17.6. The molecule has 0 aromatic heterocycles. The molecule has 0 unspecified atom stereocenters. The highest BCUT2D eigenvalue weighted by atomic mass is 16.5. The van der Waals surface area contributed by atoms with Crippen LogP contribution in [0.2, 0.25) is 0 Å². The number of carbonyl (C=O) groups is 2. The van der Waals surface area contributed by atoms with Crippen molar-refractivity contribution < 1.29 is 24.5 Å². The van der Waals surface area contributed by atoms with Gasteiger partial charge < -0.3 is 19.8 Å². The number of benzene rings is 1. The lowest BCUT2D eigenvalue weighted by atomic mass is 9.91. The zero-order valence-electron chi connectivity index (χ0n) is 14.0. The first-order valence-corrected chi connectivity index (χ1v) is 8.40. The number of nitrogens with zero attached hydrogens (tertiary/aromatic N) is 1. The van der Waals surface area contributed by atoms with Gasteiger partial charge in [-0.05, 0) is 30.5 Å². The molecular formula is C18H25NO5. The first-order valence-electron chi connectivity index (χ1n) is 8.40. The SMILES string of the molecule is CCCOc1ccc(CCC(=O)N2CCC(O)(C(=O)O)CC2)cc1. The molecule has 1 aliphatic heterocycles. The zero-order valence-corrected chi connectivity index (χ0v) is 14.0. The topological polar surface area (TPSA) is 87.1 Å². The van der Waals surface area contributed by atoms with Gasteiger partial charge in [-0.25, -0.2) is 4.79 Å². The quantitative estimate of drug-likeness (QED) is 0.794. The lowest BCUT2D eigenvalue weighted by molar-refractivity contribution is -0.165. The number of carbonyl (C=O) groups excluding carboxylic acids is 1. The van der Waals surface area contributed by atoms with Crippen molar-refractivity contribution in [3.05, 3.63) is 29.8 Å². The normalized spacial score (nSPS) is 16.7. The van der Waals surface area contributed by atoms with Crippen LogP contribution in [0.15, 0.2) is 24.3 Å². The van der Waals surface area contributed by atoms with Crippen LogP contribution in [0.5, 0.6) is 5.75 Å². The Bertz CT molecular complexity index is 561. The van der Waals surface area contributed by atoms with Crippen molar-refractivity contribution >= 4 is 11.9 Å². The van der Waals surface area contributed by atoms with E-state index in [1.807, 2.05) is 24.3 Å². The minimum Gasteiger partial charge on any atom is -0.494 e. The second-order valence-corrected chi connectivity index (χ2v) is 6.21. The summed E-state index contributed by atoms with van der Waals surface area (Å²) in [5.74, 6) is -0.385. The highest BCUT2D eigenvalue weighted by Gasteiger charge is 2.40. The molecule has 0 aliphatic carbocycles. The standard InChI is InChI=1S/C18H25NO5/c1-2-13-24-15-6-3-14(4-7-15)5-8-16(20)19-11-9-18(23,10-12-19)17(21)22/h3-4,6-7,23H,2,5,8-13H2,1H3,(H,21,22). The van der Waals surface area contributed by atoms with Crippen LogP contribution in [-0.2, 0) is 16.0 Å². The molecule has 0 atom stereocenters. The third kappa shape index (κ3) is 4.71. The van der Waals surface area contributed by atoms with E-state index in [4.69, 9.17) is 9.84 Å². The Balaban J connectivity index is 1.78. The molecule has 1 heterocycles. The Kier molecular flexibility index (Phi) is 6.20. The molecule has 2 rings (SSSR count). The fourth-order valence-electron chi connectivity index (χ4n) is 2.72. The Hall–Kier alpha value is -2.08. The van der Waals surface area contributed by atoms with Crippen LogP contribution < -0.4 is 4.74 Å². The minimum atomic E-state index is -1.69. The maximum absolute atomic E-state index is 12.2. The van der Waals surface area contributed by atoms with Gasteiger partial charge in [0.1, 0.15) is 5.75 Å². The Morgan fingerprint density at radius 1 is 1.21 bits per heavy atom. The van der Waals surface area contributed by atoms with Gasteiger partial charge in [0.2, 0.25) is 5.91 Å². The number of carboxylic acids is 1. The molecule has 2 N–H and O–H groups in total. The summed E-state index contributed by atoms with van der Waals surface area (Å²) in [7, 11) is 0. The summed E-state index contributed by atoms with van der Waals surface area (Å²) in [5, 5.41) is 18.9. The van der Waals surface area contributed by atoms with E-state index in [0.717, 1.165) is 17.7 Å². The molecule has 0 radical (unpaired) electrons. The Labute approximate surface area is 142 Å². The number of likely N-dealkylation sites (tertiary alicyclic amines) is 1. The van der Waals surface area contributed by atoms with Crippen molar-refractivity contribution in [1.82, 2.24) is 4.90 Å². The van der Waals surface area contributed by atoms with Gasteiger partial charge in [-0.15, -0.1) is 0 Å². The van der Waals surface area contributed by atoms with Gasteiger partial charge in [-0.3, -0.25) is 4.79 Å². The van der Waals surface area contributed by atoms with Crippen molar-refractivity contribution in [2.24, 2.45) is 0 Å². The van der Waals surface area contributed by atoms with Crippen LogP contribution in [0, 0.1) is 0 Å². The number of aliphatic hydroxyl groups is 1. The summed E-state index contributed by atoms with van der Waals surface area (Å²) in [6.07, 6.45) is 2.13. The van der Waals surface area contributed by atoms with Crippen LogP contribution >= 0.6 is 0 Å². The first kappa shape index (κ1) is 18.3.